The van der Waals surface area contributed by atoms with Crippen molar-refractivity contribution in [2.45, 2.75) is 62.8 Å². The molecule has 2 saturated heterocycles. The minimum absolute atomic E-state index is 0.0115. The number of rotatable bonds is 1. The number of fused-ring (bicyclic) bond motifs is 5. The average molecular weight is 320 g/mol. The van der Waals surface area contributed by atoms with Gasteiger partial charge in [-0.05, 0) is 40.7 Å². The van der Waals surface area contributed by atoms with Crippen LogP contribution in [-0.2, 0) is 15.8 Å². The van der Waals surface area contributed by atoms with Crippen LogP contribution in [0, 0.1) is 0 Å². The van der Waals surface area contributed by atoms with Gasteiger partial charge in [0.1, 0.15) is 0 Å². The monoisotopic (exact) mass is 320 g/mol. The first-order chi connectivity index (χ1) is 11.5. The van der Waals surface area contributed by atoms with Crippen LogP contribution >= 0.6 is 0 Å². The number of hydrogen-bond acceptors (Lipinski definition) is 2. The third-order valence-corrected chi connectivity index (χ3v) is 6.45. The number of benzene rings is 2. The molecule has 124 valence electrons. The lowest BCUT2D eigenvalue weighted by Gasteiger charge is -2.37. The van der Waals surface area contributed by atoms with E-state index in [2.05, 4.69) is 56.3 Å². The normalized spacial score (nSPS) is 32.5. The zero-order valence-corrected chi connectivity index (χ0v) is 14.4. The molecule has 1 N–H and O–H groups in total. The van der Waals surface area contributed by atoms with E-state index in [-0.39, 0.29) is 17.6 Å². The molecule has 0 saturated carbocycles. The van der Waals surface area contributed by atoms with Gasteiger partial charge >= 0.3 is 0 Å². The summed E-state index contributed by atoms with van der Waals surface area (Å²) < 4.78 is 5.94. The van der Waals surface area contributed by atoms with E-state index in [1.807, 2.05) is 0 Å². The molecular formula is C22H24O2. The van der Waals surface area contributed by atoms with E-state index >= 15 is 0 Å². The average Bonchev–Trinajstić information content (AvgIpc) is 3.03. The van der Waals surface area contributed by atoms with Gasteiger partial charge in [0.05, 0.1) is 17.8 Å². The van der Waals surface area contributed by atoms with Crippen molar-refractivity contribution >= 4 is 0 Å². The van der Waals surface area contributed by atoms with E-state index in [0.29, 0.717) is 0 Å². The quantitative estimate of drug-likeness (QED) is 0.837. The Kier molecular flexibility index (Phi) is 2.88. The molecule has 2 aromatic carbocycles. The van der Waals surface area contributed by atoms with Gasteiger partial charge in [0.25, 0.3) is 0 Å². The van der Waals surface area contributed by atoms with Crippen LogP contribution in [0.1, 0.15) is 56.2 Å². The number of aliphatic hydroxyl groups is 1. The molecule has 0 aromatic heterocycles. The molecule has 1 aliphatic carbocycles. The molecule has 2 atom stereocenters. The fraction of sp³-hybridized carbons (Fsp3) is 0.455. The fourth-order valence-corrected chi connectivity index (χ4v) is 5.15. The van der Waals surface area contributed by atoms with Crippen molar-refractivity contribution < 1.29 is 9.84 Å². The zero-order valence-electron chi connectivity index (χ0n) is 14.4. The second-order valence-electron chi connectivity index (χ2n) is 8.33. The van der Waals surface area contributed by atoms with E-state index in [9.17, 15) is 5.11 Å². The van der Waals surface area contributed by atoms with Gasteiger partial charge in [0.15, 0.2) is 0 Å². The lowest BCUT2D eigenvalue weighted by atomic mass is 9.78. The van der Waals surface area contributed by atoms with Crippen LogP contribution in [0.3, 0.4) is 0 Å². The predicted molar refractivity (Wildman–Crippen MR) is 95.0 cm³/mol. The molecule has 5 rings (SSSR count). The third-order valence-electron chi connectivity index (χ3n) is 6.45. The minimum Gasteiger partial charge on any atom is -0.385 e. The van der Waals surface area contributed by atoms with Crippen LogP contribution in [0.4, 0.5) is 0 Å². The molecule has 2 nitrogen and oxygen atoms in total. The van der Waals surface area contributed by atoms with Gasteiger partial charge in [0, 0.05) is 18.3 Å². The van der Waals surface area contributed by atoms with E-state index in [4.69, 9.17) is 4.74 Å². The maximum Gasteiger partial charge on any atom is 0.0946 e. The van der Waals surface area contributed by atoms with Crippen LogP contribution in [0.2, 0.25) is 0 Å². The Balaban J connectivity index is 1.62. The van der Waals surface area contributed by atoms with Crippen LogP contribution in [0.25, 0.3) is 11.1 Å². The van der Waals surface area contributed by atoms with Gasteiger partial charge in [-0.1, -0.05) is 56.3 Å². The summed E-state index contributed by atoms with van der Waals surface area (Å²) in [7, 11) is 0. The smallest absolute Gasteiger partial charge is 0.0946 e. The second kappa shape index (κ2) is 4.71. The summed E-state index contributed by atoms with van der Waals surface area (Å²) in [6.45, 7) is 4.58. The van der Waals surface area contributed by atoms with Gasteiger partial charge in [-0.2, -0.15) is 0 Å². The van der Waals surface area contributed by atoms with Crippen molar-refractivity contribution in [3.05, 3.63) is 59.2 Å². The Morgan fingerprint density at radius 3 is 2.33 bits per heavy atom. The van der Waals surface area contributed by atoms with Gasteiger partial charge in [0.2, 0.25) is 0 Å². The zero-order chi connectivity index (χ0) is 16.5. The largest absolute Gasteiger partial charge is 0.385 e. The number of hydrogen-bond donors (Lipinski definition) is 1. The maximum absolute atomic E-state index is 11.4. The van der Waals surface area contributed by atoms with Gasteiger partial charge in [-0.3, -0.25) is 0 Å². The maximum atomic E-state index is 11.4. The molecule has 3 aliphatic rings. The summed E-state index contributed by atoms with van der Waals surface area (Å²) in [6.07, 6.45) is 4.11. The predicted octanol–water partition coefficient (Wildman–Crippen LogP) is 4.52. The Bertz CT molecular complexity index is 808. The SMILES string of the molecule is CC1(C)c2ccccc2-c2ccc(C3(O)CC4CCC(C3)O4)cc21. The Morgan fingerprint density at radius 1 is 0.917 bits per heavy atom. The molecule has 2 aliphatic heterocycles. The standard InChI is InChI=1S/C22H24O2/c1-21(2)19-6-4-3-5-17(19)18-10-7-14(11-20(18)21)22(23)12-15-8-9-16(13-22)24-15/h3-7,10-11,15-16,23H,8-9,12-13H2,1-2H3. The summed E-state index contributed by atoms with van der Waals surface area (Å²) in [5.41, 5.74) is 5.71. The van der Waals surface area contributed by atoms with Gasteiger partial charge in [-0.25, -0.2) is 0 Å². The highest BCUT2D eigenvalue weighted by Crippen LogP contribution is 2.51. The summed E-state index contributed by atoms with van der Waals surface area (Å²) in [6, 6.07) is 15.3. The minimum atomic E-state index is -0.732. The summed E-state index contributed by atoms with van der Waals surface area (Å²) in [5.74, 6) is 0. The van der Waals surface area contributed by atoms with Crippen LogP contribution in [0.5, 0.6) is 0 Å². The molecule has 2 unspecified atom stereocenters. The van der Waals surface area contributed by atoms with Crippen molar-refractivity contribution in [3.8, 4) is 11.1 Å². The summed E-state index contributed by atoms with van der Waals surface area (Å²) in [4.78, 5) is 0. The van der Waals surface area contributed by atoms with Crippen molar-refractivity contribution in [2.24, 2.45) is 0 Å². The molecule has 0 spiro atoms. The fourth-order valence-electron chi connectivity index (χ4n) is 5.15. The van der Waals surface area contributed by atoms with E-state index in [1.165, 1.54) is 22.3 Å². The lowest BCUT2D eigenvalue weighted by molar-refractivity contribution is -0.115. The Labute approximate surface area is 143 Å². The van der Waals surface area contributed by atoms with Gasteiger partial charge < -0.3 is 9.84 Å². The first-order valence-corrected chi connectivity index (χ1v) is 9.10. The van der Waals surface area contributed by atoms with Crippen LogP contribution < -0.4 is 0 Å². The Morgan fingerprint density at radius 2 is 1.58 bits per heavy atom. The molecule has 24 heavy (non-hydrogen) atoms. The van der Waals surface area contributed by atoms with Crippen molar-refractivity contribution in [2.75, 3.05) is 0 Å². The van der Waals surface area contributed by atoms with E-state index < -0.39 is 5.60 Å². The molecule has 2 fully saturated rings. The molecule has 2 aromatic rings. The van der Waals surface area contributed by atoms with E-state index in [1.54, 1.807) is 0 Å². The molecular weight excluding hydrogens is 296 g/mol. The summed E-state index contributed by atoms with van der Waals surface area (Å²) in [5, 5.41) is 11.4. The first-order valence-electron chi connectivity index (χ1n) is 9.10. The third kappa shape index (κ3) is 1.90. The first kappa shape index (κ1) is 14.7. The highest BCUT2D eigenvalue weighted by atomic mass is 16.5. The molecule has 2 bridgehead atoms. The van der Waals surface area contributed by atoms with Gasteiger partial charge in [-0.15, -0.1) is 0 Å². The lowest BCUT2D eigenvalue weighted by Crippen LogP contribution is -2.38. The van der Waals surface area contributed by atoms with E-state index in [0.717, 1.165) is 31.2 Å². The molecule has 2 heteroatoms. The van der Waals surface area contributed by atoms with Crippen molar-refractivity contribution in [3.63, 3.8) is 0 Å². The Hall–Kier alpha value is -1.64. The summed E-state index contributed by atoms with van der Waals surface area (Å²) >= 11 is 0. The molecule has 0 amide bonds. The van der Waals surface area contributed by atoms with Crippen LogP contribution in [-0.4, -0.2) is 17.3 Å². The molecule has 2 heterocycles. The second-order valence-corrected chi connectivity index (χ2v) is 8.33. The van der Waals surface area contributed by atoms with Crippen molar-refractivity contribution in [1.82, 2.24) is 0 Å². The topological polar surface area (TPSA) is 29.5 Å². The van der Waals surface area contributed by atoms with Crippen molar-refractivity contribution in [1.29, 1.82) is 0 Å². The molecule has 0 radical (unpaired) electrons. The highest BCUT2D eigenvalue weighted by molar-refractivity contribution is 5.81. The van der Waals surface area contributed by atoms with Crippen LogP contribution in [0.15, 0.2) is 42.5 Å². The highest BCUT2D eigenvalue weighted by Gasteiger charge is 2.45. The number of ether oxygens (including phenoxy) is 1.